The van der Waals surface area contributed by atoms with Crippen LogP contribution in [-0.2, 0) is 4.74 Å². The fourth-order valence-electron chi connectivity index (χ4n) is 0.964. The molecule has 0 aliphatic heterocycles. The van der Waals surface area contributed by atoms with Gasteiger partial charge in [0.25, 0.3) is 0 Å². The third-order valence-corrected chi connectivity index (χ3v) is 1.69. The smallest absolute Gasteiger partial charge is 0.356 e. The lowest BCUT2D eigenvalue weighted by atomic mass is 10.2. The van der Waals surface area contributed by atoms with Gasteiger partial charge < -0.3 is 14.6 Å². The van der Waals surface area contributed by atoms with Crippen molar-refractivity contribution >= 4 is 5.97 Å². The van der Waals surface area contributed by atoms with Crippen LogP contribution in [0.5, 0.6) is 5.88 Å². The van der Waals surface area contributed by atoms with Gasteiger partial charge in [0.1, 0.15) is 6.61 Å². The average molecular weight is 225 g/mol. The minimum atomic E-state index is -0.942. The summed E-state index contributed by atoms with van der Waals surface area (Å²) < 4.78 is 9.77. The Labute approximate surface area is 94.0 Å². The van der Waals surface area contributed by atoms with E-state index in [1.54, 1.807) is 26.0 Å². The largest absolute Gasteiger partial charge is 0.475 e. The van der Waals surface area contributed by atoms with Crippen LogP contribution in [0, 0.1) is 0 Å². The van der Waals surface area contributed by atoms with Gasteiger partial charge in [0.2, 0.25) is 5.88 Å². The summed E-state index contributed by atoms with van der Waals surface area (Å²) in [6, 6.07) is 4.78. The minimum absolute atomic E-state index is 0.102. The summed E-state index contributed by atoms with van der Waals surface area (Å²) in [5.41, 5.74) is -0.765. The van der Waals surface area contributed by atoms with Crippen LogP contribution in [0.1, 0.15) is 24.3 Å². The quantitative estimate of drug-likeness (QED) is 0.775. The molecule has 1 aromatic heterocycles. The molecule has 1 aromatic rings. The molecule has 0 amide bonds. The molecule has 0 aliphatic rings. The van der Waals surface area contributed by atoms with Crippen LogP contribution >= 0.6 is 0 Å². The van der Waals surface area contributed by atoms with E-state index in [4.69, 9.17) is 4.74 Å². The van der Waals surface area contributed by atoms with E-state index < -0.39 is 11.6 Å². The number of carbonyl (C=O) groups excluding carboxylic acids is 1. The Hall–Kier alpha value is -1.62. The van der Waals surface area contributed by atoms with E-state index in [2.05, 4.69) is 9.72 Å². The highest BCUT2D eigenvalue weighted by Gasteiger charge is 2.14. The molecule has 88 valence electrons. The summed E-state index contributed by atoms with van der Waals surface area (Å²) in [5.74, 6) is -0.237. The molecule has 0 saturated carbocycles. The van der Waals surface area contributed by atoms with E-state index in [0.29, 0.717) is 0 Å². The van der Waals surface area contributed by atoms with E-state index in [1.807, 2.05) is 0 Å². The second-order valence-corrected chi connectivity index (χ2v) is 3.95. The van der Waals surface area contributed by atoms with Crippen molar-refractivity contribution in [1.29, 1.82) is 0 Å². The number of carbonyl (C=O) groups is 1. The van der Waals surface area contributed by atoms with E-state index in [-0.39, 0.29) is 18.2 Å². The summed E-state index contributed by atoms with van der Waals surface area (Å²) in [7, 11) is 1.29. The van der Waals surface area contributed by atoms with Gasteiger partial charge in [0, 0.05) is 6.07 Å². The highest BCUT2D eigenvalue weighted by Crippen LogP contribution is 2.11. The Morgan fingerprint density at radius 2 is 2.19 bits per heavy atom. The standard InChI is InChI=1S/C11H15NO4/c1-11(2,14)7-16-9-6-4-5-8(12-9)10(13)15-3/h4-6,14H,7H2,1-3H3. The van der Waals surface area contributed by atoms with Crippen molar-refractivity contribution in [1.82, 2.24) is 4.98 Å². The van der Waals surface area contributed by atoms with Gasteiger partial charge in [0.05, 0.1) is 12.7 Å². The Morgan fingerprint density at radius 3 is 2.75 bits per heavy atom. The second kappa shape index (κ2) is 4.94. The average Bonchev–Trinajstić information content (AvgIpc) is 2.25. The van der Waals surface area contributed by atoms with Crippen molar-refractivity contribution in [2.75, 3.05) is 13.7 Å². The van der Waals surface area contributed by atoms with E-state index in [9.17, 15) is 9.90 Å². The fraction of sp³-hybridized carbons (Fsp3) is 0.455. The number of ether oxygens (including phenoxy) is 2. The molecule has 1 N–H and O–H groups in total. The summed E-state index contributed by atoms with van der Waals surface area (Å²) in [6.07, 6.45) is 0. The maximum atomic E-state index is 11.2. The monoisotopic (exact) mass is 225 g/mol. The predicted octanol–water partition coefficient (Wildman–Crippen LogP) is 1.02. The number of methoxy groups -OCH3 is 1. The number of nitrogens with zero attached hydrogens (tertiary/aromatic N) is 1. The highest BCUT2D eigenvalue weighted by atomic mass is 16.5. The number of aromatic nitrogens is 1. The Balaban J connectivity index is 2.71. The van der Waals surface area contributed by atoms with Gasteiger partial charge in [-0.3, -0.25) is 0 Å². The van der Waals surface area contributed by atoms with Crippen molar-refractivity contribution in [3.05, 3.63) is 23.9 Å². The van der Waals surface area contributed by atoms with Crippen LogP contribution in [-0.4, -0.2) is 35.4 Å². The minimum Gasteiger partial charge on any atom is -0.475 e. The summed E-state index contributed by atoms with van der Waals surface area (Å²) in [4.78, 5) is 15.1. The normalized spacial score (nSPS) is 11.0. The maximum Gasteiger partial charge on any atom is 0.356 e. The van der Waals surface area contributed by atoms with Crippen LogP contribution in [0.4, 0.5) is 0 Å². The predicted molar refractivity (Wildman–Crippen MR) is 57.4 cm³/mol. The summed E-state index contributed by atoms with van der Waals surface area (Å²) in [6.45, 7) is 3.35. The zero-order valence-corrected chi connectivity index (χ0v) is 9.56. The van der Waals surface area contributed by atoms with Crippen molar-refractivity contribution in [2.24, 2.45) is 0 Å². The molecule has 1 rings (SSSR count). The molecule has 0 aromatic carbocycles. The lowest BCUT2D eigenvalue weighted by Crippen LogP contribution is -2.28. The molecule has 0 bridgehead atoms. The molecule has 1 heterocycles. The third-order valence-electron chi connectivity index (χ3n) is 1.69. The van der Waals surface area contributed by atoms with Crippen LogP contribution in [0.3, 0.4) is 0 Å². The molecule has 0 fully saturated rings. The third kappa shape index (κ3) is 3.86. The maximum absolute atomic E-state index is 11.2. The Kier molecular flexibility index (Phi) is 3.84. The molecule has 0 atom stereocenters. The molecule has 16 heavy (non-hydrogen) atoms. The van der Waals surface area contributed by atoms with Crippen molar-refractivity contribution < 1.29 is 19.4 Å². The van der Waals surface area contributed by atoms with Crippen molar-refractivity contribution in [3.63, 3.8) is 0 Å². The number of aliphatic hydroxyl groups is 1. The topological polar surface area (TPSA) is 68.7 Å². The van der Waals surface area contributed by atoms with E-state index in [0.717, 1.165) is 0 Å². The summed E-state index contributed by atoms with van der Waals surface area (Å²) in [5, 5.41) is 9.46. The first-order chi connectivity index (χ1) is 7.42. The van der Waals surface area contributed by atoms with Crippen molar-refractivity contribution in [2.45, 2.75) is 19.4 Å². The lowest BCUT2D eigenvalue weighted by molar-refractivity contribution is 0.0267. The molecule has 5 nitrogen and oxygen atoms in total. The number of hydrogen-bond acceptors (Lipinski definition) is 5. The first-order valence-electron chi connectivity index (χ1n) is 4.83. The summed E-state index contributed by atoms with van der Waals surface area (Å²) >= 11 is 0. The van der Waals surface area contributed by atoms with Gasteiger partial charge in [-0.1, -0.05) is 6.07 Å². The van der Waals surface area contributed by atoms with Crippen LogP contribution in [0.15, 0.2) is 18.2 Å². The van der Waals surface area contributed by atoms with E-state index >= 15 is 0 Å². The molecule has 0 aliphatic carbocycles. The number of esters is 1. The number of hydrogen-bond donors (Lipinski definition) is 1. The molecule has 0 unspecified atom stereocenters. The van der Waals surface area contributed by atoms with Gasteiger partial charge in [-0.05, 0) is 19.9 Å². The second-order valence-electron chi connectivity index (χ2n) is 3.95. The lowest BCUT2D eigenvalue weighted by Gasteiger charge is -2.17. The molecule has 0 radical (unpaired) electrons. The highest BCUT2D eigenvalue weighted by molar-refractivity contribution is 5.87. The van der Waals surface area contributed by atoms with Gasteiger partial charge in [-0.15, -0.1) is 0 Å². The Bertz CT molecular complexity index is 370. The van der Waals surface area contributed by atoms with Gasteiger partial charge in [0.15, 0.2) is 5.69 Å². The van der Waals surface area contributed by atoms with Gasteiger partial charge >= 0.3 is 5.97 Å². The zero-order valence-electron chi connectivity index (χ0n) is 9.56. The first kappa shape index (κ1) is 12.4. The number of pyridine rings is 1. The Morgan fingerprint density at radius 1 is 1.50 bits per heavy atom. The SMILES string of the molecule is COC(=O)c1cccc(OCC(C)(C)O)n1. The van der Waals surface area contributed by atoms with Crippen LogP contribution in [0.2, 0.25) is 0 Å². The molecular weight excluding hydrogens is 210 g/mol. The van der Waals surface area contributed by atoms with Gasteiger partial charge in [-0.2, -0.15) is 0 Å². The number of rotatable bonds is 4. The molecule has 5 heteroatoms. The first-order valence-corrected chi connectivity index (χ1v) is 4.83. The van der Waals surface area contributed by atoms with E-state index in [1.165, 1.54) is 13.2 Å². The van der Waals surface area contributed by atoms with Crippen LogP contribution in [0.25, 0.3) is 0 Å². The fourth-order valence-corrected chi connectivity index (χ4v) is 0.964. The van der Waals surface area contributed by atoms with Crippen molar-refractivity contribution in [3.8, 4) is 5.88 Å². The van der Waals surface area contributed by atoms with Crippen LogP contribution < -0.4 is 4.74 Å². The van der Waals surface area contributed by atoms with Gasteiger partial charge in [-0.25, -0.2) is 9.78 Å². The molecule has 0 spiro atoms. The molecular formula is C11H15NO4. The molecule has 0 saturated heterocycles. The zero-order chi connectivity index (χ0) is 12.2.